The van der Waals surface area contributed by atoms with Crippen LogP contribution in [0.5, 0.6) is 5.75 Å². The number of nitrogens with two attached hydrogens (primary N) is 2. The number of hydrogen-bond acceptors (Lipinski definition) is 9. The third-order valence-corrected chi connectivity index (χ3v) is 6.71. The molecule has 1 unspecified atom stereocenters. The number of aromatic amines is 1. The molecule has 0 saturated carbocycles. The van der Waals surface area contributed by atoms with Crippen molar-refractivity contribution in [2.75, 3.05) is 38.3 Å². The number of nitrogens with zero attached hydrogens (tertiary/aromatic N) is 3. The summed E-state index contributed by atoms with van der Waals surface area (Å²) in [4.78, 5) is 35.5. The number of anilines is 2. The number of alkyl halides is 6. The maximum atomic E-state index is 16.0. The quantitative estimate of drug-likeness (QED) is 0.0486. The first-order chi connectivity index (χ1) is 24.6. The molecule has 21 heteroatoms. The van der Waals surface area contributed by atoms with Crippen LogP contribution < -0.4 is 27.2 Å². The Bertz CT molecular complexity index is 1900. The van der Waals surface area contributed by atoms with Gasteiger partial charge in [0.25, 0.3) is 0 Å². The minimum atomic E-state index is -5.08. The Morgan fingerprint density at radius 1 is 1.02 bits per heavy atom. The number of hydrogen-bond donors (Lipinski definition) is 7. The molecule has 14 nitrogen and oxygen atoms in total. The number of rotatable bonds is 11. The van der Waals surface area contributed by atoms with Crippen molar-refractivity contribution in [2.24, 2.45) is 5.73 Å². The average molecular weight is 761 g/mol. The van der Waals surface area contributed by atoms with Crippen molar-refractivity contribution in [3.05, 3.63) is 99.5 Å². The van der Waals surface area contributed by atoms with Crippen molar-refractivity contribution in [3.8, 4) is 11.4 Å². The number of halogens is 7. The Balaban J connectivity index is 0.000000587. The van der Waals surface area contributed by atoms with Gasteiger partial charge in [0, 0.05) is 23.4 Å². The van der Waals surface area contributed by atoms with Crippen LogP contribution >= 0.6 is 0 Å². The Hall–Kier alpha value is -6.12. The monoisotopic (exact) mass is 760 g/mol. The Kier molecular flexibility index (Phi) is 14.9. The summed E-state index contributed by atoms with van der Waals surface area (Å²) in [7, 11) is 3.83. The van der Waals surface area contributed by atoms with E-state index >= 15 is 4.39 Å². The standard InChI is InChI=1S/C28H33FN8O2.2C2HF3O2/c1-4-17-15-20(24(29)23(16-17)39-14-13-36(2)3)25(33-19-11-9-18(10-12-19)26(31)32)27-34-28(38)37(35-27)22-8-6-5-7-21(22)30;2*3-2(4,5)1(6)7/h5-12,15-16,25,33H,4,13-14,30H2,1-3H3,(H3,31,32)(H,34,35,38);2*(H,6,7). The van der Waals surface area contributed by atoms with Gasteiger partial charge in [0.15, 0.2) is 17.4 Å². The van der Waals surface area contributed by atoms with E-state index in [-0.39, 0.29) is 23.0 Å². The van der Waals surface area contributed by atoms with Gasteiger partial charge in [0.1, 0.15) is 18.5 Å². The van der Waals surface area contributed by atoms with E-state index in [0.29, 0.717) is 42.2 Å². The van der Waals surface area contributed by atoms with E-state index in [1.807, 2.05) is 25.9 Å². The molecule has 4 aromatic rings. The van der Waals surface area contributed by atoms with Crippen LogP contribution in [0.25, 0.3) is 5.69 Å². The smallest absolute Gasteiger partial charge is 0.489 e. The number of nitrogen functional groups attached to an aromatic ring is 2. The van der Waals surface area contributed by atoms with E-state index in [4.69, 9.17) is 41.4 Å². The second-order valence-corrected chi connectivity index (χ2v) is 11.0. The molecule has 1 heterocycles. The number of aryl methyl sites for hydroxylation is 1. The van der Waals surface area contributed by atoms with Crippen LogP contribution in [0.15, 0.2) is 65.5 Å². The molecular formula is C32H35F7N8O6. The van der Waals surface area contributed by atoms with Gasteiger partial charge in [-0.15, -0.1) is 5.10 Å². The van der Waals surface area contributed by atoms with Crippen molar-refractivity contribution in [1.82, 2.24) is 19.7 Å². The van der Waals surface area contributed by atoms with E-state index in [2.05, 4.69) is 15.4 Å². The Labute approximate surface area is 296 Å². The minimum absolute atomic E-state index is 0.0668. The molecule has 0 fully saturated rings. The Morgan fingerprint density at radius 3 is 2.04 bits per heavy atom. The number of benzene rings is 3. The van der Waals surface area contributed by atoms with E-state index in [1.54, 1.807) is 60.7 Å². The molecule has 1 aromatic heterocycles. The highest BCUT2D eigenvalue weighted by molar-refractivity contribution is 5.95. The van der Waals surface area contributed by atoms with Crippen LogP contribution in [0.3, 0.4) is 0 Å². The van der Waals surface area contributed by atoms with Crippen molar-refractivity contribution in [2.45, 2.75) is 31.7 Å². The summed E-state index contributed by atoms with van der Waals surface area (Å²) in [6, 6.07) is 16.2. The van der Waals surface area contributed by atoms with Gasteiger partial charge < -0.3 is 36.6 Å². The number of aliphatic carboxylic acids is 2. The lowest BCUT2D eigenvalue weighted by atomic mass is 10.00. The van der Waals surface area contributed by atoms with Gasteiger partial charge in [-0.3, -0.25) is 10.4 Å². The number of carboxylic acid groups (broad SMARTS) is 2. The molecule has 288 valence electrons. The number of ether oxygens (including phenoxy) is 1. The summed E-state index contributed by atoms with van der Waals surface area (Å²) in [6.45, 7) is 2.89. The molecule has 0 spiro atoms. The molecule has 0 bridgehead atoms. The normalized spacial score (nSPS) is 11.8. The maximum Gasteiger partial charge on any atom is 0.490 e. The summed E-state index contributed by atoms with van der Waals surface area (Å²) in [5.41, 5.74) is 14.2. The van der Waals surface area contributed by atoms with Gasteiger partial charge in [0.05, 0.1) is 11.4 Å². The van der Waals surface area contributed by atoms with E-state index in [9.17, 15) is 31.1 Å². The van der Waals surface area contributed by atoms with Crippen molar-refractivity contribution >= 4 is 29.1 Å². The van der Waals surface area contributed by atoms with Crippen LogP contribution in [0.2, 0.25) is 0 Å². The highest BCUT2D eigenvalue weighted by Crippen LogP contribution is 2.33. The molecule has 53 heavy (non-hydrogen) atoms. The molecule has 0 aliphatic carbocycles. The number of amidine groups is 1. The molecule has 4 rings (SSSR count). The first-order valence-corrected chi connectivity index (χ1v) is 15.0. The summed E-state index contributed by atoms with van der Waals surface area (Å²) in [5, 5.41) is 29.7. The summed E-state index contributed by atoms with van der Waals surface area (Å²) < 4.78 is 86.5. The molecule has 3 aromatic carbocycles. The number of carbonyl (C=O) groups is 2. The van der Waals surface area contributed by atoms with Gasteiger partial charge in [0.2, 0.25) is 0 Å². The van der Waals surface area contributed by atoms with Crippen LogP contribution in [-0.2, 0) is 16.0 Å². The number of carboxylic acids is 2. The number of H-pyrrole nitrogens is 1. The summed E-state index contributed by atoms with van der Waals surface area (Å²) in [6.07, 6.45) is -9.52. The summed E-state index contributed by atoms with van der Waals surface area (Å²) in [5.74, 6) is -5.83. The first-order valence-electron chi connectivity index (χ1n) is 15.0. The van der Waals surface area contributed by atoms with Gasteiger partial charge in [-0.2, -0.15) is 31.0 Å². The molecule has 0 aliphatic rings. The number of aromatic nitrogens is 3. The second kappa shape index (κ2) is 18.4. The van der Waals surface area contributed by atoms with Crippen LogP contribution in [0.4, 0.5) is 42.1 Å². The lowest BCUT2D eigenvalue weighted by Gasteiger charge is -2.21. The number of para-hydroxylation sites is 2. The van der Waals surface area contributed by atoms with Crippen LogP contribution in [0.1, 0.15) is 35.5 Å². The van der Waals surface area contributed by atoms with Crippen molar-refractivity contribution in [1.29, 1.82) is 5.41 Å². The van der Waals surface area contributed by atoms with E-state index in [1.165, 1.54) is 0 Å². The SMILES string of the molecule is CCc1cc(OCCN(C)C)c(F)c(C(Nc2ccc(C(=N)N)cc2)c2nn(-c3ccccc3N)c(=O)[nH]2)c1.O=C(O)C(F)(F)F.O=C(O)C(F)(F)F. The zero-order chi connectivity index (χ0) is 40.3. The van der Waals surface area contributed by atoms with Gasteiger partial charge in [-0.05, 0) is 68.5 Å². The van der Waals surface area contributed by atoms with Crippen LogP contribution in [0, 0.1) is 11.2 Å². The largest absolute Gasteiger partial charge is 0.490 e. The molecule has 0 radical (unpaired) electrons. The van der Waals surface area contributed by atoms with Gasteiger partial charge in [-0.25, -0.2) is 18.8 Å². The molecule has 9 N–H and O–H groups in total. The summed E-state index contributed by atoms with van der Waals surface area (Å²) >= 11 is 0. The molecule has 0 aliphatic heterocycles. The van der Waals surface area contributed by atoms with Crippen LogP contribution in [-0.4, -0.2) is 87.3 Å². The fraction of sp³-hybridized carbons (Fsp3) is 0.281. The number of likely N-dealkylation sites (N-methyl/N-ethyl adjacent to an activating group) is 1. The lowest BCUT2D eigenvalue weighted by molar-refractivity contribution is -0.193. The van der Waals surface area contributed by atoms with Crippen molar-refractivity contribution < 1.29 is 55.3 Å². The predicted octanol–water partition coefficient (Wildman–Crippen LogP) is 4.54. The topological polar surface area (TPSA) is 226 Å². The fourth-order valence-electron chi connectivity index (χ4n) is 4.06. The zero-order valence-corrected chi connectivity index (χ0v) is 28.1. The van der Waals surface area contributed by atoms with Gasteiger partial charge >= 0.3 is 30.0 Å². The predicted molar refractivity (Wildman–Crippen MR) is 179 cm³/mol. The average Bonchev–Trinajstić information content (AvgIpc) is 3.45. The molecule has 0 amide bonds. The number of nitrogens with one attached hydrogen (secondary N) is 3. The third-order valence-electron chi connectivity index (χ3n) is 6.71. The fourth-order valence-corrected chi connectivity index (χ4v) is 4.06. The second-order valence-electron chi connectivity index (χ2n) is 11.0. The maximum absolute atomic E-state index is 16.0. The lowest BCUT2D eigenvalue weighted by Crippen LogP contribution is -2.21. The van der Waals surface area contributed by atoms with Crippen molar-refractivity contribution in [3.63, 3.8) is 0 Å². The highest BCUT2D eigenvalue weighted by Gasteiger charge is 2.39. The molecule has 1 atom stereocenters. The Morgan fingerprint density at radius 2 is 1.57 bits per heavy atom. The first kappa shape index (κ1) is 43.0. The third kappa shape index (κ3) is 12.9. The highest BCUT2D eigenvalue weighted by atomic mass is 19.4. The van der Waals surface area contributed by atoms with E-state index in [0.717, 1.165) is 10.2 Å². The molecular weight excluding hydrogens is 725 g/mol. The van der Waals surface area contributed by atoms with Gasteiger partial charge in [-0.1, -0.05) is 25.1 Å². The van der Waals surface area contributed by atoms with E-state index < -0.39 is 41.8 Å². The zero-order valence-electron chi connectivity index (χ0n) is 28.1. The minimum Gasteiger partial charge on any atom is -0.489 e. The molecule has 0 saturated heterocycles.